The lowest BCUT2D eigenvalue weighted by molar-refractivity contribution is -0.122. The van der Waals surface area contributed by atoms with E-state index < -0.39 is 0 Å². The summed E-state index contributed by atoms with van der Waals surface area (Å²) in [5.74, 6) is -0.0146. The Morgan fingerprint density at radius 2 is 2.04 bits per heavy atom. The summed E-state index contributed by atoms with van der Waals surface area (Å²) in [6, 6.07) is 10.1. The van der Waals surface area contributed by atoms with E-state index >= 15 is 0 Å². The molecular weight excluding hydrogens is 326 g/mol. The van der Waals surface area contributed by atoms with Gasteiger partial charge in [0.2, 0.25) is 0 Å². The van der Waals surface area contributed by atoms with Gasteiger partial charge in [0.25, 0.3) is 5.91 Å². The van der Waals surface area contributed by atoms with Crippen LogP contribution in [0.4, 0.5) is 0 Å². The second-order valence-corrected chi connectivity index (χ2v) is 7.05. The van der Waals surface area contributed by atoms with Crippen LogP contribution in [0.5, 0.6) is 0 Å². The molecule has 0 saturated carbocycles. The van der Waals surface area contributed by atoms with Crippen molar-refractivity contribution in [3.05, 3.63) is 58.3 Å². The summed E-state index contributed by atoms with van der Waals surface area (Å²) < 4.78 is 2.42. The normalized spacial score (nSPS) is 16.6. The quantitative estimate of drug-likeness (QED) is 0.631. The molecule has 1 aromatic heterocycles. The Hall–Kier alpha value is -1.92. The van der Waals surface area contributed by atoms with Gasteiger partial charge in [0.05, 0.1) is 11.1 Å². The minimum atomic E-state index is -0.0146. The highest BCUT2D eigenvalue weighted by molar-refractivity contribution is 8.26. The number of carbonyl (C=O) groups excluding carboxylic acids is 1. The van der Waals surface area contributed by atoms with E-state index in [9.17, 15) is 4.79 Å². The van der Waals surface area contributed by atoms with Crippen molar-refractivity contribution in [3.63, 3.8) is 0 Å². The van der Waals surface area contributed by atoms with Crippen molar-refractivity contribution in [1.82, 2.24) is 14.7 Å². The van der Waals surface area contributed by atoms with Crippen molar-refractivity contribution in [1.29, 1.82) is 0 Å². The SMILES string of the molecule is Cc1c(/C=C2\SC(=S)N(CCc3ccccc3)C2=O)cnn1C. The molecule has 1 aliphatic heterocycles. The molecular formula is C17H17N3OS2. The Morgan fingerprint density at radius 1 is 1.30 bits per heavy atom. The van der Waals surface area contributed by atoms with Crippen LogP contribution in [0, 0.1) is 6.92 Å². The third kappa shape index (κ3) is 3.38. The van der Waals surface area contributed by atoms with Crippen LogP contribution in [-0.2, 0) is 18.3 Å². The molecule has 0 spiro atoms. The molecule has 118 valence electrons. The number of thiocarbonyl (C=S) groups is 1. The van der Waals surface area contributed by atoms with Gasteiger partial charge in [0.1, 0.15) is 4.32 Å². The number of aryl methyl sites for hydroxylation is 1. The molecule has 0 radical (unpaired) electrons. The summed E-state index contributed by atoms with van der Waals surface area (Å²) in [7, 11) is 1.89. The van der Waals surface area contributed by atoms with Crippen LogP contribution in [0.3, 0.4) is 0 Å². The van der Waals surface area contributed by atoms with E-state index in [2.05, 4.69) is 17.2 Å². The summed E-state index contributed by atoms with van der Waals surface area (Å²) in [6.45, 7) is 2.59. The first kappa shape index (κ1) is 16.0. The Balaban J connectivity index is 1.73. The molecule has 1 aliphatic rings. The molecule has 1 amide bonds. The lowest BCUT2D eigenvalue weighted by Gasteiger charge is -2.14. The van der Waals surface area contributed by atoms with Crippen LogP contribution in [-0.4, -0.2) is 31.5 Å². The van der Waals surface area contributed by atoms with Gasteiger partial charge in [-0.3, -0.25) is 14.4 Å². The van der Waals surface area contributed by atoms with E-state index in [0.717, 1.165) is 17.7 Å². The first-order valence-corrected chi connectivity index (χ1v) is 8.56. The first-order valence-electron chi connectivity index (χ1n) is 7.34. The van der Waals surface area contributed by atoms with Gasteiger partial charge < -0.3 is 0 Å². The van der Waals surface area contributed by atoms with Crippen molar-refractivity contribution < 1.29 is 4.79 Å². The molecule has 23 heavy (non-hydrogen) atoms. The minimum absolute atomic E-state index is 0.0146. The van der Waals surface area contributed by atoms with Crippen LogP contribution in [0.25, 0.3) is 6.08 Å². The van der Waals surface area contributed by atoms with Crippen molar-refractivity contribution in [2.75, 3.05) is 6.54 Å². The number of nitrogens with zero attached hydrogens (tertiary/aromatic N) is 3. The van der Waals surface area contributed by atoms with Gasteiger partial charge in [-0.25, -0.2) is 0 Å². The second-order valence-electron chi connectivity index (χ2n) is 5.38. The molecule has 0 unspecified atom stereocenters. The van der Waals surface area contributed by atoms with Crippen LogP contribution >= 0.6 is 24.0 Å². The van der Waals surface area contributed by atoms with Crippen LogP contribution < -0.4 is 0 Å². The maximum absolute atomic E-state index is 12.6. The smallest absolute Gasteiger partial charge is 0.266 e. The van der Waals surface area contributed by atoms with E-state index in [1.54, 1.807) is 15.8 Å². The maximum Gasteiger partial charge on any atom is 0.266 e. The van der Waals surface area contributed by atoms with Crippen molar-refractivity contribution in [2.45, 2.75) is 13.3 Å². The van der Waals surface area contributed by atoms with Gasteiger partial charge in [0.15, 0.2) is 0 Å². The summed E-state index contributed by atoms with van der Waals surface area (Å²) in [5, 5.41) is 4.20. The highest BCUT2D eigenvalue weighted by Crippen LogP contribution is 2.33. The third-order valence-electron chi connectivity index (χ3n) is 3.90. The fourth-order valence-electron chi connectivity index (χ4n) is 2.38. The Morgan fingerprint density at radius 3 is 2.70 bits per heavy atom. The third-order valence-corrected chi connectivity index (χ3v) is 5.28. The standard InChI is InChI=1S/C17H17N3OS2/c1-12-14(11-18-19(12)2)10-15-16(21)20(17(22)23-15)9-8-13-6-4-3-5-7-13/h3-7,10-11H,8-9H2,1-2H3/b15-10-. The monoisotopic (exact) mass is 343 g/mol. The zero-order valence-corrected chi connectivity index (χ0v) is 14.7. The number of aromatic nitrogens is 2. The summed E-state index contributed by atoms with van der Waals surface area (Å²) in [6.07, 6.45) is 4.45. The van der Waals surface area contributed by atoms with Crippen molar-refractivity contribution in [2.24, 2.45) is 7.05 Å². The Labute approximate surface area is 145 Å². The average Bonchev–Trinajstić information content (AvgIpc) is 3.00. The van der Waals surface area contributed by atoms with Crippen LogP contribution in [0.1, 0.15) is 16.8 Å². The molecule has 0 aliphatic carbocycles. The molecule has 1 fully saturated rings. The predicted molar refractivity (Wildman–Crippen MR) is 98.0 cm³/mol. The number of amides is 1. The van der Waals surface area contributed by atoms with E-state index in [0.29, 0.717) is 15.8 Å². The lowest BCUT2D eigenvalue weighted by Crippen LogP contribution is -2.30. The predicted octanol–water partition coefficient (Wildman–Crippen LogP) is 3.17. The largest absolute Gasteiger partial charge is 0.293 e. The van der Waals surface area contributed by atoms with Gasteiger partial charge >= 0.3 is 0 Å². The number of rotatable bonds is 4. The van der Waals surface area contributed by atoms with E-state index in [-0.39, 0.29) is 5.91 Å². The zero-order valence-electron chi connectivity index (χ0n) is 13.0. The number of thioether (sulfide) groups is 1. The lowest BCUT2D eigenvalue weighted by atomic mass is 10.1. The number of benzene rings is 1. The Kier molecular flexibility index (Phi) is 4.63. The van der Waals surface area contributed by atoms with Gasteiger partial charge in [-0.1, -0.05) is 54.3 Å². The molecule has 1 saturated heterocycles. The summed E-state index contributed by atoms with van der Waals surface area (Å²) >= 11 is 6.73. The molecule has 3 rings (SSSR count). The molecule has 1 aromatic carbocycles. The molecule has 0 N–H and O–H groups in total. The number of hydrogen-bond donors (Lipinski definition) is 0. The van der Waals surface area contributed by atoms with Crippen LogP contribution in [0.2, 0.25) is 0 Å². The van der Waals surface area contributed by atoms with E-state index in [1.807, 2.05) is 38.2 Å². The molecule has 6 heteroatoms. The topological polar surface area (TPSA) is 38.1 Å². The molecule has 0 bridgehead atoms. The molecule has 2 heterocycles. The second kappa shape index (κ2) is 6.68. The highest BCUT2D eigenvalue weighted by atomic mass is 32.2. The maximum atomic E-state index is 12.6. The van der Waals surface area contributed by atoms with Crippen molar-refractivity contribution >= 4 is 40.3 Å². The number of carbonyl (C=O) groups is 1. The van der Waals surface area contributed by atoms with Gasteiger partial charge in [-0.05, 0) is 25.0 Å². The Bertz CT molecular complexity index is 780. The zero-order chi connectivity index (χ0) is 16.4. The van der Waals surface area contributed by atoms with Gasteiger partial charge in [-0.15, -0.1) is 0 Å². The van der Waals surface area contributed by atoms with E-state index in [4.69, 9.17) is 12.2 Å². The molecule has 4 nitrogen and oxygen atoms in total. The fraction of sp³-hybridized carbons (Fsp3) is 0.235. The van der Waals surface area contributed by atoms with Crippen LogP contribution in [0.15, 0.2) is 41.4 Å². The first-order chi connectivity index (χ1) is 11.1. The summed E-state index contributed by atoms with van der Waals surface area (Å²) in [4.78, 5) is 14.9. The molecule has 2 aromatic rings. The van der Waals surface area contributed by atoms with Gasteiger partial charge in [-0.2, -0.15) is 5.10 Å². The fourth-order valence-corrected chi connectivity index (χ4v) is 3.68. The van der Waals surface area contributed by atoms with Crippen molar-refractivity contribution in [3.8, 4) is 0 Å². The van der Waals surface area contributed by atoms with E-state index in [1.165, 1.54) is 17.3 Å². The minimum Gasteiger partial charge on any atom is -0.293 e. The average molecular weight is 343 g/mol. The molecule has 0 atom stereocenters. The van der Waals surface area contributed by atoms with Gasteiger partial charge in [0, 0.05) is 24.8 Å². The highest BCUT2D eigenvalue weighted by Gasteiger charge is 2.31. The summed E-state index contributed by atoms with van der Waals surface area (Å²) in [5.41, 5.74) is 3.18. The number of hydrogen-bond acceptors (Lipinski definition) is 4.